The molecular weight excluding hydrogens is 369 g/mol. The predicted octanol–water partition coefficient (Wildman–Crippen LogP) is 3.83. The Kier molecular flexibility index (Phi) is 4.97. The summed E-state index contributed by atoms with van der Waals surface area (Å²) in [6.07, 6.45) is 0.789. The van der Waals surface area contributed by atoms with Gasteiger partial charge in [-0.3, -0.25) is 9.67 Å². The molecule has 0 unspecified atom stereocenters. The largest absolute Gasteiger partial charge is 0.416 e. The van der Waals surface area contributed by atoms with Crippen molar-refractivity contribution in [2.24, 2.45) is 0 Å². The molecule has 0 atom stereocenters. The Labute approximate surface area is 160 Å². The maximum atomic E-state index is 13.0. The van der Waals surface area contributed by atoms with Crippen molar-refractivity contribution >= 4 is 16.6 Å². The molecule has 1 aromatic carbocycles. The number of aliphatic hydroxyl groups is 1. The smallest absolute Gasteiger partial charge is 0.394 e. The number of halogens is 3. The third-order valence-corrected chi connectivity index (χ3v) is 5.36. The van der Waals surface area contributed by atoms with E-state index in [-0.39, 0.29) is 6.61 Å². The fourth-order valence-electron chi connectivity index (χ4n) is 3.97. The number of piperidine rings is 1. The van der Waals surface area contributed by atoms with Crippen molar-refractivity contribution in [3.05, 3.63) is 54.0 Å². The van der Waals surface area contributed by atoms with E-state index in [2.05, 4.69) is 15.0 Å². The molecule has 1 saturated heterocycles. The van der Waals surface area contributed by atoms with Crippen molar-refractivity contribution in [2.45, 2.75) is 31.5 Å². The minimum atomic E-state index is -4.37. The number of benzene rings is 1. The van der Waals surface area contributed by atoms with Crippen LogP contribution in [0.3, 0.4) is 0 Å². The van der Waals surface area contributed by atoms with Crippen molar-refractivity contribution in [3.63, 3.8) is 0 Å². The van der Waals surface area contributed by atoms with Crippen LogP contribution in [0.5, 0.6) is 0 Å². The van der Waals surface area contributed by atoms with Gasteiger partial charge in [0.25, 0.3) is 0 Å². The predicted molar refractivity (Wildman–Crippen MR) is 100 cm³/mol. The van der Waals surface area contributed by atoms with E-state index in [1.54, 1.807) is 12.4 Å². The van der Waals surface area contributed by atoms with Gasteiger partial charge in [-0.05, 0) is 37.1 Å². The fourth-order valence-corrected chi connectivity index (χ4v) is 3.97. The van der Waals surface area contributed by atoms with Gasteiger partial charge < -0.3 is 10.0 Å². The zero-order valence-corrected chi connectivity index (χ0v) is 15.2. The Hall–Kier alpha value is -2.61. The van der Waals surface area contributed by atoms with Gasteiger partial charge in [0.15, 0.2) is 0 Å². The van der Waals surface area contributed by atoms with Gasteiger partial charge in [-0.25, -0.2) is 0 Å². The molecule has 5 nitrogen and oxygen atoms in total. The van der Waals surface area contributed by atoms with Gasteiger partial charge in [0.05, 0.1) is 24.2 Å². The molecule has 3 aromatic rings. The Morgan fingerprint density at radius 2 is 1.86 bits per heavy atom. The number of hydrogen-bond acceptors (Lipinski definition) is 4. The monoisotopic (exact) mass is 390 g/mol. The molecule has 148 valence electrons. The van der Waals surface area contributed by atoms with E-state index < -0.39 is 11.7 Å². The highest BCUT2D eigenvalue weighted by Crippen LogP contribution is 2.36. The lowest BCUT2D eigenvalue weighted by molar-refractivity contribution is -0.137. The number of anilines is 1. The molecule has 3 heterocycles. The van der Waals surface area contributed by atoms with E-state index in [1.165, 1.54) is 6.07 Å². The van der Waals surface area contributed by atoms with Gasteiger partial charge in [0.1, 0.15) is 0 Å². The van der Waals surface area contributed by atoms with E-state index in [4.69, 9.17) is 0 Å². The summed E-state index contributed by atoms with van der Waals surface area (Å²) in [7, 11) is 0. The molecule has 4 rings (SSSR count). The highest BCUT2D eigenvalue weighted by molar-refractivity contribution is 5.92. The van der Waals surface area contributed by atoms with Gasteiger partial charge in [-0.1, -0.05) is 6.07 Å². The Bertz CT molecular complexity index is 961. The van der Waals surface area contributed by atoms with Gasteiger partial charge in [-0.15, -0.1) is 0 Å². The number of pyridine rings is 1. The van der Waals surface area contributed by atoms with Crippen molar-refractivity contribution in [3.8, 4) is 0 Å². The van der Waals surface area contributed by atoms with Crippen LogP contribution in [0.2, 0.25) is 0 Å². The zero-order chi connectivity index (χ0) is 19.7. The first-order valence-electron chi connectivity index (χ1n) is 9.31. The van der Waals surface area contributed by atoms with Crippen LogP contribution >= 0.6 is 0 Å². The van der Waals surface area contributed by atoms with Gasteiger partial charge in [0, 0.05) is 48.2 Å². The second kappa shape index (κ2) is 7.43. The lowest BCUT2D eigenvalue weighted by Gasteiger charge is -2.34. The summed E-state index contributed by atoms with van der Waals surface area (Å²) < 4.78 is 40.8. The van der Waals surface area contributed by atoms with E-state index in [0.29, 0.717) is 18.0 Å². The average molecular weight is 390 g/mol. The topological polar surface area (TPSA) is 54.2 Å². The van der Waals surface area contributed by atoms with Crippen molar-refractivity contribution in [1.82, 2.24) is 14.8 Å². The standard InChI is InChI=1S/C20H21F3N4O/c21-20(22,23)15-1-2-16-17(13-15)24-7-3-19(16)26-9-5-14(6-10-26)18-4-8-25-27(18)11-12-28/h1-4,7-8,13-14,28H,5-6,9-12H2. The van der Waals surface area contributed by atoms with Gasteiger partial charge in [0.2, 0.25) is 0 Å². The van der Waals surface area contributed by atoms with Gasteiger partial charge >= 0.3 is 6.18 Å². The summed E-state index contributed by atoms with van der Waals surface area (Å²) in [5, 5.41) is 14.2. The number of aromatic nitrogens is 3. The maximum Gasteiger partial charge on any atom is 0.416 e. The maximum absolute atomic E-state index is 13.0. The Balaban J connectivity index is 1.54. The second-order valence-corrected chi connectivity index (χ2v) is 7.02. The van der Waals surface area contributed by atoms with Crippen molar-refractivity contribution < 1.29 is 18.3 Å². The molecule has 0 amide bonds. The Morgan fingerprint density at radius 1 is 1.07 bits per heavy atom. The van der Waals surface area contributed by atoms with Crippen LogP contribution in [-0.4, -0.2) is 39.6 Å². The molecule has 1 aliphatic rings. The summed E-state index contributed by atoms with van der Waals surface area (Å²) >= 11 is 0. The van der Waals surface area contributed by atoms with Crippen molar-refractivity contribution in [2.75, 3.05) is 24.6 Å². The third kappa shape index (κ3) is 3.56. The summed E-state index contributed by atoms with van der Waals surface area (Å²) in [6.45, 7) is 2.14. The lowest BCUT2D eigenvalue weighted by atomic mass is 9.93. The summed E-state index contributed by atoms with van der Waals surface area (Å²) in [5.74, 6) is 0.357. The van der Waals surface area contributed by atoms with Crippen LogP contribution in [0.4, 0.5) is 18.9 Å². The van der Waals surface area contributed by atoms with Crippen LogP contribution in [-0.2, 0) is 12.7 Å². The van der Waals surface area contributed by atoms with E-state index in [1.807, 2.05) is 16.8 Å². The highest BCUT2D eigenvalue weighted by atomic mass is 19.4. The van der Waals surface area contributed by atoms with Crippen molar-refractivity contribution in [1.29, 1.82) is 0 Å². The van der Waals surface area contributed by atoms with Crippen LogP contribution < -0.4 is 4.90 Å². The molecule has 0 bridgehead atoms. The fraction of sp³-hybridized carbons (Fsp3) is 0.400. The van der Waals surface area contributed by atoms with E-state index >= 15 is 0 Å². The number of alkyl halides is 3. The molecule has 1 N–H and O–H groups in total. The van der Waals surface area contributed by atoms with Gasteiger partial charge in [-0.2, -0.15) is 18.3 Å². The average Bonchev–Trinajstić information content (AvgIpc) is 3.15. The summed E-state index contributed by atoms with van der Waals surface area (Å²) in [5.41, 5.74) is 1.72. The first-order chi connectivity index (χ1) is 13.5. The zero-order valence-electron chi connectivity index (χ0n) is 15.2. The molecule has 28 heavy (non-hydrogen) atoms. The molecule has 0 spiro atoms. The number of hydrogen-bond donors (Lipinski definition) is 1. The molecule has 2 aromatic heterocycles. The summed E-state index contributed by atoms with van der Waals surface area (Å²) in [6, 6.07) is 7.61. The molecular formula is C20H21F3N4O. The first kappa shape index (κ1) is 18.7. The summed E-state index contributed by atoms with van der Waals surface area (Å²) in [4.78, 5) is 6.35. The third-order valence-electron chi connectivity index (χ3n) is 5.36. The molecule has 8 heteroatoms. The van der Waals surface area contributed by atoms with Crippen LogP contribution in [0.1, 0.15) is 30.0 Å². The highest BCUT2D eigenvalue weighted by Gasteiger charge is 2.31. The minimum absolute atomic E-state index is 0.0520. The molecule has 0 saturated carbocycles. The number of rotatable bonds is 4. The van der Waals surface area contributed by atoms with Crippen LogP contribution in [0, 0.1) is 0 Å². The normalized spacial score (nSPS) is 16.1. The molecule has 1 aliphatic heterocycles. The molecule has 1 fully saturated rings. The second-order valence-electron chi connectivity index (χ2n) is 7.02. The lowest BCUT2D eigenvalue weighted by Crippen LogP contribution is -2.33. The number of nitrogens with zero attached hydrogens (tertiary/aromatic N) is 4. The van der Waals surface area contributed by atoms with E-state index in [9.17, 15) is 18.3 Å². The molecule has 0 radical (unpaired) electrons. The van der Waals surface area contributed by atoms with Crippen LogP contribution in [0.25, 0.3) is 10.9 Å². The SMILES string of the molecule is OCCn1nccc1C1CCN(c2ccnc3cc(C(F)(F)F)ccc23)CC1. The van der Waals surface area contributed by atoms with Crippen LogP contribution in [0.15, 0.2) is 42.7 Å². The molecule has 0 aliphatic carbocycles. The Morgan fingerprint density at radius 3 is 2.57 bits per heavy atom. The number of aliphatic hydroxyl groups excluding tert-OH is 1. The van der Waals surface area contributed by atoms with E-state index in [0.717, 1.165) is 54.8 Å². The minimum Gasteiger partial charge on any atom is -0.394 e. The number of fused-ring (bicyclic) bond motifs is 1. The quantitative estimate of drug-likeness (QED) is 0.736. The first-order valence-corrected chi connectivity index (χ1v) is 9.31.